The SMILES string of the molecule is CCCCSCCN1CCC(CC[C@@H](N)c2c(F)cnc3ccc(OC)cc23)C(CC(=O)O)C1. The first-order valence-corrected chi connectivity index (χ1v) is 13.5. The second-order valence-electron chi connectivity index (χ2n) is 9.26. The molecule has 1 aliphatic rings. The molecular formula is C26H38FN3O3S. The van der Waals surface area contributed by atoms with Gasteiger partial charge in [-0.25, -0.2) is 4.39 Å². The van der Waals surface area contributed by atoms with Gasteiger partial charge in [-0.15, -0.1) is 0 Å². The highest BCUT2D eigenvalue weighted by Crippen LogP contribution is 2.35. The number of nitrogens with two attached hydrogens (primary N) is 1. The number of methoxy groups -OCH3 is 1. The average Bonchev–Trinajstić information content (AvgIpc) is 2.82. The molecule has 3 N–H and O–H groups in total. The number of rotatable bonds is 13. The maximum absolute atomic E-state index is 14.8. The van der Waals surface area contributed by atoms with Gasteiger partial charge in [-0.05, 0) is 68.0 Å². The van der Waals surface area contributed by atoms with Gasteiger partial charge in [0, 0.05) is 42.3 Å². The number of carbonyl (C=O) groups is 1. The summed E-state index contributed by atoms with van der Waals surface area (Å²) in [6.07, 6.45) is 6.20. The first-order valence-electron chi connectivity index (χ1n) is 12.3. The van der Waals surface area contributed by atoms with E-state index in [1.165, 1.54) is 24.8 Å². The molecule has 0 spiro atoms. The molecule has 3 rings (SSSR count). The Labute approximate surface area is 206 Å². The third-order valence-corrected chi connectivity index (χ3v) is 7.94. The van der Waals surface area contributed by atoms with Crippen LogP contribution >= 0.6 is 11.8 Å². The van der Waals surface area contributed by atoms with E-state index >= 15 is 0 Å². The molecule has 6 nitrogen and oxygen atoms in total. The minimum atomic E-state index is -0.753. The molecule has 3 atom stereocenters. The zero-order valence-corrected chi connectivity index (χ0v) is 21.2. The molecule has 8 heteroatoms. The summed E-state index contributed by atoms with van der Waals surface area (Å²) in [5.74, 6) is 2.12. The van der Waals surface area contributed by atoms with Crippen LogP contribution in [-0.2, 0) is 4.79 Å². The van der Waals surface area contributed by atoms with Gasteiger partial charge < -0.3 is 20.5 Å². The molecular weight excluding hydrogens is 453 g/mol. The Morgan fingerprint density at radius 2 is 2.21 bits per heavy atom. The average molecular weight is 492 g/mol. The number of piperidine rings is 1. The standard InChI is InChI=1S/C26H38FN3O3S/c1-3-4-12-34-13-11-30-10-9-18(19(17-30)14-25(31)32)5-7-23(28)26-21-15-20(33-2)6-8-24(21)29-16-22(26)27/h6,8,15-16,18-19,23H,3-5,7,9-14,17,28H2,1-2H3,(H,31,32)/t18?,19?,23-/m1/s1. The minimum absolute atomic E-state index is 0.0956. The van der Waals surface area contributed by atoms with E-state index in [4.69, 9.17) is 10.5 Å². The van der Waals surface area contributed by atoms with Gasteiger partial charge in [-0.3, -0.25) is 9.78 Å². The molecule has 188 valence electrons. The van der Waals surface area contributed by atoms with E-state index in [0.717, 1.165) is 38.2 Å². The number of nitrogens with zero attached hydrogens (tertiary/aromatic N) is 2. The number of pyridine rings is 1. The number of ether oxygens (including phenoxy) is 1. The fourth-order valence-corrected chi connectivity index (χ4v) is 6.03. The highest BCUT2D eigenvalue weighted by Gasteiger charge is 2.31. The zero-order chi connectivity index (χ0) is 24.5. The van der Waals surface area contributed by atoms with E-state index in [2.05, 4.69) is 16.8 Å². The van der Waals surface area contributed by atoms with Crippen LogP contribution in [0.4, 0.5) is 4.39 Å². The number of fused-ring (bicyclic) bond motifs is 1. The van der Waals surface area contributed by atoms with Crippen molar-refractivity contribution in [1.29, 1.82) is 0 Å². The van der Waals surface area contributed by atoms with Crippen molar-refractivity contribution in [3.05, 3.63) is 35.8 Å². The van der Waals surface area contributed by atoms with Crippen molar-refractivity contribution in [2.45, 2.75) is 51.5 Å². The van der Waals surface area contributed by atoms with Gasteiger partial charge in [0.05, 0.1) is 18.8 Å². The lowest BCUT2D eigenvalue weighted by Gasteiger charge is -2.38. The summed E-state index contributed by atoms with van der Waals surface area (Å²) in [6.45, 7) is 5.00. The summed E-state index contributed by atoms with van der Waals surface area (Å²) in [7, 11) is 1.58. The normalized spacial score (nSPS) is 19.9. The summed E-state index contributed by atoms with van der Waals surface area (Å²) >= 11 is 1.98. The molecule has 2 aromatic rings. The Morgan fingerprint density at radius 3 is 2.94 bits per heavy atom. The molecule has 1 aromatic heterocycles. The zero-order valence-electron chi connectivity index (χ0n) is 20.3. The quantitative estimate of drug-likeness (QED) is 0.377. The van der Waals surface area contributed by atoms with Crippen LogP contribution in [0.3, 0.4) is 0 Å². The fourth-order valence-electron chi connectivity index (χ4n) is 4.95. The number of hydrogen-bond donors (Lipinski definition) is 2. The van der Waals surface area contributed by atoms with Gasteiger partial charge in [-0.2, -0.15) is 11.8 Å². The van der Waals surface area contributed by atoms with E-state index in [9.17, 15) is 14.3 Å². The topological polar surface area (TPSA) is 88.7 Å². The summed E-state index contributed by atoms with van der Waals surface area (Å²) in [4.78, 5) is 18.1. The van der Waals surface area contributed by atoms with Crippen LogP contribution in [-0.4, -0.2) is 59.2 Å². The lowest BCUT2D eigenvalue weighted by molar-refractivity contribution is -0.139. The third-order valence-electron chi connectivity index (χ3n) is 6.89. The third kappa shape index (κ3) is 7.30. The number of hydrogen-bond acceptors (Lipinski definition) is 6. The number of aliphatic carboxylic acids is 1. The maximum Gasteiger partial charge on any atom is 0.303 e. The molecule has 2 heterocycles. The Balaban J connectivity index is 1.63. The van der Waals surface area contributed by atoms with E-state index in [1.54, 1.807) is 19.2 Å². The lowest BCUT2D eigenvalue weighted by atomic mass is 9.79. The van der Waals surface area contributed by atoms with Crippen molar-refractivity contribution in [2.24, 2.45) is 17.6 Å². The Hall–Kier alpha value is -1.90. The molecule has 1 saturated heterocycles. The monoisotopic (exact) mass is 491 g/mol. The number of thioether (sulfide) groups is 1. The van der Waals surface area contributed by atoms with Gasteiger partial charge in [-0.1, -0.05) is 13.3 Å². The van der Waals surface area contributed by atoms with Gasteiger partial charge in [0.1, 0.15) is 11.6 Å². The number of aromatic nitrogens is 1. The number of likely N-dealkylation sites (tertiary alicyclic amines) is 1. The first kappa shape index (κ1) is 26.7. The minimum Gasteiger partial charge on any atom is -0.497 e. The molecule has 0 bridgehead atoms. The predicted molar refractivity (Wildman–Crippen MR) is 137 cm³/mol. The Bertz CT molecular complexity index is 945. The summed E-state index contributed by atoms with van der Waals surface area (Å²) < 4.78 is 20.1. The second kappa shape index (κ2) is 13.3. The molecule has 1 aromatic carbocycles. The molecule has 0 aliphatic carbocycles. The van der Waals surface area contributed by atoms with Crippen LogP contribution in [0.1, 0.15) is 57.1 Å². The van der Waals surface area contributed by atoms with E-state index in [0.29, 0.717) is 28.6 Å². The Kier molecular flexibility index (Phi) is 10.4. The Morgan fingerprint density at radius 1 is 1.38 bits per heavy atom. The highest BCUT2D eigenvalue weighted by atomic mass is 32.2. The van der Waals surface area contributed by atoms with Crippen molar-refractivity contribution < 1.29 is 19.0 Å². The lowest BCUT2D eigenvalue weighted by Crippen LogP contribution is -2.42. The van der Waals surface area contributed by atoms with Crippen LogP contribution in [0, 0.1) is 17.7 Å². The van der Waals surface area contributed by atoms with Crippen molar-refractivity contribution in [3.63, 3.8) is 0 Å². The van der Waals surface area contributed by atoms with Gasteiger partial charge in [0.2, 0.25) is 0 Å². The van der Waals surface area contributed by atoms with Crippen LogP contribution in [0.25, 0.3) is 10.9 Å². The molecule has 1 aliphatic heterocycles. The molecule has 0 amide bonds. The summed E-state index contributed by atoms with van der Waals surface area (Å²) in [5, 5.41) is 10.2. The smallest absolute Gasteiger partial charge is 0.303 e. The van der Waals surface area contributed by atoms with Crippen molar-refractivity contribution in [1.82, 2.24) is 9.88 Å². The maximum atomic E-state index is 14.8. The van der Waals surface area contributed by atoms with Crippen molar-refractivity contribution in [2.75, 3.05) is 38.2 Å². The van der Waals surface area contributed by atoms with Crippen molar-refractivity contribution >= 4 is 28.6 Å². The summed E-state index contributed by atoms with van der Waals surface area (Å²) in [6, 6.07) is 4.90. The molecule has 1 fully saturated rings. The van der Waals surface area contributed by atoms with Crippen LogP contribution < -0.4 is 10.5 Å². The number of halogens is 1. The van der Waals surface area contributed by atoms with Gasteiger partial charge >= 0.3 is 5.97 Å². The fraction of sp³-hybridized carbons (Fsp3) is 0.615. The van der Waals surface area contributed by atoms with E-state index in [-0.39, 0.29) is 18.3 Å². The first-order chi connectivity index (χ1) is 16.4. The van der Waals surface area contributed by atoms with E-state index < -0.39 is 17.8 Å². The van der Waals surface area contributed by atoms with Crippen LogP contribution in [0.2, 0.25) is 0 Å². The summed E-state index contributed by atoms with van der Waals surface area (Å²) in [5.41, 5.74) is 7.65. The molecule has 2 unspecified atom stereocenters. The second-order valence-corrected chi connectivity index (χ2v) is 10.5. The number of benzene rings is 1. The van der Waals surface area contributed by atoms with Gasteiger partial charge in [0.15, 0.2) is 0 Å². The van der Waals surface area contributed by atoms with Crippen LogP contribution in [0.5, 0.6) is 5.75 Å². The highest BCUT2D eigenvalue weighted by molar-refractivity contribution is 7.99. The van der Waals surface area contributed by atoms with Crippen LogP contribution in [0.15, 0.2) is 24.4 Å². The number of carboxylic acids is 1. The van der Waals surface area contributed by atoms with Gasteiger partial charge in [0.25, 0.3) is 0 Å². The molecule has 34 heavy (non-hydrogen) atoms. The largest absolute Gasteiger partial charge is 0.497 e. The van der Waals surface area contributed by atoms with Crippen molar-refractivity contribution in [3.8, 4) is 5.75 Å². The predicted octanol–water partition coefficient (Wildman–Crippen LogP) is 5.11. The molecule has 0 saturated carbocycles. The van der Waals surface area contributed by atoms with E-state index in [1.807, 2.05) is 17.8 Å². The molecule has 0 radical (unpaired) electrons. The number of carboxylic acid groups (broad SMARTS) is 1. The number of unbranched alkanes of at least 4 members (excludes halogenated alkanes) is 1.